The van der Waals surface area contributed by atoms with Crippen LogP contribution in [0.15, 0.2) is 5.51 Å². The minimum atomic E-state index is -0.208. The molecule has 1 aromatic heterocycles. The fourth-order valence-corrected chi connectivity index (χ4v) is 2.73. The molecule has 18 heavy (non-hydrogen) atoms. The van der Waals surface area contributed by atoms with Crippen molar-refractivity contribution < 1.29 is 9.59 Å². The van der Waals surface area contributed by atoms with E-state index < -0.39 is 0 Å². The molecule has 98 valence electrons. The molecule has 1 N–H and O–H groups in total. The summed E-state index contributed by atoms with van der Waals surface area (Å²) in [7, 11) is 0. The Bertz CT molecular complexity index is 438. The topological polar surface area (TPSA) is 62.3 Å². The SMILES string of the molecule is Cc1ncsc1C(=O)NCC(=O)N1CCCCC1. The summed E-state index contributed by atoms with van der Waals surface area (Å²) >= 11 is 1.30. The van der Waals surface area contributed by atoms with E-state index in [9.17, 15) is 9.59 Å². The fraction of sp³-hybridized carbons (Fsp3) is 0.583. The van der Waals surface area contributed by atoms with Crippen LogP contribution < -0.4 is 5.32 Å². The smallest absolute Gasteiger partial charge is 0.263 e. The van der Waals surface area contributed by atoms with Gasteiger partial charge in [-0.15, -0.1) is 11.3 Å². The molecule has 0 unspecified atom stereocenters. The molecule has 1 fully saturated rings. The van der Waals surface area contributed by atoms with Gasteiger partial charge in [-0.25, -0.2) is 4.98 Å². The predicted octanol–water partition coefficient (Wildman–Crippen LogP) is 1.19. The standard InChI is InChI=1S/C12H17N3O2S/c1-9-11(18-8-14-9)12(17)13-7-10(16)15-5-3-2-4-6-15/h8H,2-7H2,1H3,(H,13,17). The van der Waals surface area contributed by atoms with Gasteiger partial charge in [0, 0.05) is 13.1 Å². The lowest BCUT2D eigenvalue weighted by atomic mass is 10.1. The highest BCUT2D eigenvalue weighted by Gasteiger charge is 2.18. The lowest BCUT2D eigenvalue weighted by molar-refractivity contribution is -0.130. The Morgan fingerprint density at radius 3 is 2.72 bits per heavy atom. The number of amides is 2. The molecule has 0 aromatic carbocycles. The van der Waals surface area contributed by atoms with Crippen LogP contribution in [0.5, 0.6) is 0 Å². The number of hydrogen-bond donors (Lipinski definition) is 1. The van der Waals surface area contributed by atoms with Crippen molar-refractivity contribution in [1.29, 1.82) is 0 Å². The van der Waals surface area contributed by atoms with Gasteiger partial charge < -0.3 is 10.2 Å². The van der Waals surface area contributed by atoms with Crippen LogP contribution in [0.25, 0.3) is 0 Å². The van der Waals surface area contributed by atoms with Gasteiger partial charge in [-0.1, -0.05) is 0 Å². The molecular weight excluding hydrogens is 250 g/mol. The Labute approximate surface area is 110 Å². The maximum absolute atomic E-state index is 11.9. The second kappa shape index (κ2) is 5.95. The summed E-state index contributed by atoms with van der Waals surface area (Å²) in [4.78, 5) is 30.1. The van der Waals surface area contributed by atoms with Gasteiger partial charge in [0.15, 0.2) is 0 Å². The first-order chi connectivity index (χ1) is 8.68. The molecule has 0 bridgehead atoms. The quantitative estimate of drug-likeness (QED) is 0.895. The number of nitrogens with one attached hydrogen (secondary N) is 1. The zero-order valence-electron chi connectivity index (χ0n) is 10.4. The maximum Gasteiger partial charge on any atom is 0.263 e. The van der Waals surface area contributed by atoms with Crippen LogP contribution in [-0.2, 0) is 4.79 Å². The van der Waals surface area contributed by atoms with Crippen molar-refractivity contribution in [2.24, 2.45) is 0 Å². The molecule has 0 aliphatic carbocycles. The molecule has 2 rings (SSSR count). The van der Waals surface area contributed by atoms with Gasteiger partial charge in [0.2, 0.25) is 5.91 Å². The van der Waals surface area contributed by atoms with Crippen LogP contribution in [-0.4, -0.2) is 41.3 Å². The van der Waals surface area contributed by atoms with Crippen molar-refractivity contribution in [3.63, 3.8) is 0 Å². The number of hydrogen-bond acceptors (Lipinski definition) is 4. The number of aryl methyl sites for hydroxylation is 1. The average Bonchev–Trinajstić information content (AvgIpc) is 2.83. The fourth-order valence-electron chi connectivity index (χ4n) is 2.01. The van der Waals surface area contributed by atoms with Crippen molar-refractivity contribution >= 4 is 23.2 Å². The van der Waals surface area contributed by atoms with Gasteiger partial charge in [0.05, 0.1) is 17.7 Å². The van der Waals surface area contributed by atoms with Crippen LogP contribution >= 0.6 is 11.3 Å². The van der Waals surface area contributed by atoms with E-state index in [2.05, 4.69) is 10.3 Å². The summed E-state index contributed by atoms with van der Waals surface area (Å²) in [5.41, 5.74) is 2.35. The highest BCUT2D eigenvalue weighted by atomic mass is 32.1. The third-order valence-corrected chi connectivity index (χ3v) is 3.99. The molecule has 2 amide bonds. The highest BCUT2D eigenvalue weighted by Crippen LogP contribution is 2.12. The van der Waals surface area contributed by atoms with Crippen molar-refractivity contribution in [3.05, 3.63) is 16.1 Å². The van der Waals surface area contributed by atoms with Gasteiger partial charge >= 0.3 is 0 Å². The molecule has 1 saturated heterocycles. The molecule has 0 radical (unpaired) electrons. The number of piperidine rings is 1. The normalized spacial score (nSPS) is 15.5. The van der Waals surface area contributed by atoms with Crippen LogP contribution in [0.4, 0.5) is 0 Å². The first-order valence-electron chi connectivity index (χ1n) is 6.14. The summed E-state index contributed by atoms with van der Waals surface area (Å²) in [6.07, 6.45) is 3.32. The van der Waals surface area contributed by atoms with E-state index in [1.807, 2.05) is 4.90 Å². The predicted molar refractivity (Wildman–Crippen MR) is 69.6 cm³/mol. The van der Waals surface area contributed by atoms with Gasteiger partial charge in [0.1, 0.15) is 4.88 Å². The zero-order chi connectivity index (χ0) is 13.0. The monoisotopic (exact) mass is 267 g/mol. The average molecular weight is 267 g/mol. The van der Waals surface area contributed by atoms with Crippen molar-refractivity contribution in [3.8, 4) is 0 Å². The Morgan fingerprint density at radius 2 is 2.11 bits per heavy atom. The Kier molecular flexibility index (Phi) is 4.30. The minimum Gasteiger partial charge on any atom is -0.342 e. The molecule has 2 heterocycles. The van der Waals surface area contributed by atoms with E-state index in [-0.39, 0.29) is 18.4 Å². The minimum absolute atomic E-state index is 0.00483. The number of thiazole rings is 1. The van der Waals surface area contributed by atoms with Gasteiger partial charge in [0.25, 0.3) is 5.91 Å². The highest BCUT2D eigenvalue weighted by molar-refractivity contribution is 7.11. The van der Waals surface area contributed by atoms with Crippen LogP contribution in [0.2, 0.25) is 0 Å². The lowest BCUT2D eigenvalue weighted by Gasteiger charge is -2.26. The molecule has 1 aliphatic heterocycles. The molecule has 5 nitrogen and oxygen atoms in total. The van der Waals surface area contributed by atoms with Crippen LogP contribution in [0.3, 0.4) is 0 Å². The van der Waals surface area contributed by atoms with E-state index in [1.165, 1.54) is 17.8 Å². The van der Waals surface area contributed by atoms with Gasteiger partial charge in [-0.05, 0) is 26.2 Å². The summed E-state index contributed by atoms with van der Waals surface area (Å²) in [6, 6.07) is 0. The summed E-state index contributed by atoms with van der Waals surface area (Å²) in [5, 5.41) is 2.66. The van der Waals surface area contributed by atoms with E-state index in [4.69, 9.17) is 0 Å². The second-order valence-electron chi connectivity index (χ2n) is 4.39. The second-order valence-corrected chi connectivity index (χ2v) is 5.25. The Morgan fingerprint density at radius 1 is 1.39 bits per heavy atom. The van der Waals surface area contributed by atoms with Crippen molar-refractivity contribution in [1.82, 2.24) is 15.2 Å². The number of carbonyl (C=O) groups is 2. The summed E-state index contributed by atoms with van der Waals surface area (Å²) in [5.74, 6) is -0.203. The first kappa shape index (κ1) is 13.0. The van der Waals surface area contributed by atoms with E-state index in [0.29, 0.717) is 10.6 Å². The zero-order valence-corrected chi connectivity index (χ0v) is 11.3. The van der Waals surface area contributed by atoms with Gasteiger partial charge in [-0.3, -0.25) is 9.59 Å². The molecule has 0 atom stereocenters. The lowest BCUT2D eigenvalue weighted by Crippen LogP contribution is -2.42. The number of rotatable bonds is 3. The molecule has 1 aromatic rings. The molecule has 0 spiro atoms. The van der Waals surface area contributed by atoms with Crippen LogP contribution in [0, 0.1) is 6.92 Å². The van der Waals surface area contributed by atoms with Crippen molar-refractivity contribution in [2.45, 2.75) is 26.2 Å². The molecular formula is C12H17N3O2S. The third-order valence-electron chi connectivity index (χ3n) is 3.06. The number of carbonyl (C=O) groups excluding carboxylic acids is 2. The number of aromatic nitrogens is 1. The molecule has 0 saturated carbocycles. The van der Waals surface area contributed by atoms with E-state index >= 15 is 0 Å². The Balaban J connectivity index is 1.82. The van der Waals surface area contributed by atoms with Gasteiger partial charge in [-0.2, -0.15) is 0 Å². The first-order valence-corrected chi connectivity index (χ1v) is 7.02. The van der Waals surface area contributed by atoms with E-state index in [1.54, 1.807) is 12.4 Å². The molecule has 1 aliphatic rings. The Hall–Kier alpha value is -1.43. The largest absolute Gasteiger partial charge is 0.342 e. The number of likely N-dealkylation sites (tertiary alicyclic amines) is 1. The molecule has 6 heteroatoms. The van der Waals surface area contributed by atoms with Crippen LogP contribution in [0.1, 0.15) is 34.6 Å². The summed E-state index contributed by atoms with van der Waals surface area (Å²) < 4.78 is 0. The number of nitrogens with zero attached hydrogens (tertiary/aromatic N) is 2. The maximum atomic E-state index is 11.9. The summed E-state index contributed by atoms with van der Waals surface area (Å²) in [6.45, 7) is 3.50. The van der Waals surface area contributed by atoms with Crippen molar-refractivity contribution in [2.75, 3.05) is 19.6 Å². The van der Waals surface area contributed by atoms with E-state index in [0.717, 1.165) is 25.9 Å². The third kappa shape index (κ3) is 3.07.